The number of rotatable bonds is 11. The summed E-state index contributed by atoms with van der Waals surface area (Å²) in [6.07, 6.45) is 3.33. The molecule has 1 aromatic heterocycles. The molecule has 1 heterocycles. The highest BCUT2D eigenvalue weighted by Crippen LogP contribution is 2.38. The van der Waals surface area contributed by atoms with E-state index in [1.165, 1.54) is 0 Å². The van der Waals surface area contributed by atoms with Crippen molar-refractivity contribution in [3.63, 3.8) is 0 Å². The van der Waals surface area contributed by atoms with Crippen molar-refractivity contribution in [2.75, 3.05) is 0 Å². The van der Waals surface area contributed by atoms with Crippen LogP contribution in [0.15, 0.2) is 48.5 Å². The molecule has 0 aliphatic heterocycles. The van der Waals surface area contributed by atoms with Gasteiger partial charge in [0.25, 0.3) is 0 Å². The zero-order valence-corrected chi connectivity index (χ0v) is 20.2. The largest absolute Gasteiger partial charge is 0.481 e. The normalized spacial score (nSPS) is 14.8. The molecule has 0 spiro atoms. The maximum Gasteiger partial charge on any atom is 0.303 e. The van der Waals surface area contributed by atoms with Crippen LogP contribution in [0.5, 0.6) is 0 Å². The number of aliphatic hydroxyl groups is 1. The van der Waals surface area contributed by atoms with Gasteiger partial charge in [-0.25, -0.2) is 0 Å². The molecule has 2 N–H and O–H groups in total. The number of aromatic nitrogens is 3. The summed E-state index contributed by atoms with van der Waals surface area (Å²) < 4.78 is 0. The third kappa shape index (κ3) is 6.41. The van der Waals surface area contributed by atoms with Crippen LogP contribution < -0.4 is 0 Å². The number of carboxylic acids is 1. The van der Waals surface area contributed by atoms with E-state index in [9.17, 15) is 9.90 Å². The topological polar surface area (TPSA) is 88.2 Å². The van der Waals surface area contributed by atoms with Gasteiger partial charge in [0.05, 0.1) is 12.1 Å². The summed E-state index contributed by atoms with van der Waals surface area (Å²) in [6.45, 7) is 8.70. The van der Waals surface area contributed by atoms with Crippen LogP contribution in [0.2, 0.25) is 0 Å². The Labute approximate surface area is 196 Å². The summed E-state index contributed by atoms with van der Waals surface area (Å²) in [7, 11) is 0. The Hall–Kier alpha value is -2.73. The molecule has 2 aromatic carbocycles. The summed E-state index contributed by atoms with van der Waals surface area (Å²) in [5.41, 5.74) is 3.75. The van der Waals surface area contributed by atoms with Crippen LogP contribution in [-0.2, 0) is 17.6 Å². The van der Waals surface area contributed by atoms with Crippen molar-refractivity contribution >= 4 is 17.0 Å². The van der Waals surface area contributed by atoms with Crippen molar-refractivity contribution in [3.8, 4) is 0 Å². The highest BCUT2D eigenvalue weighted by atomic mass is 16.4. The summed E-state index contributed by atoms with van der Waals surface area (Å²) >= 11 is 0. The Morgan fingerprint density at radius 3 is 2.00 bits per heavy atom. The molecule has 0 radical (unpaired) electrons. The Kier molecular flexibility index (Phi) is 8.25. The van der Waals surface area contributed by atoms with E-state index in [0.29, 0.717) is 12.8 Å². The van der Waals surface area contributed by atoms with Crippen LogP contribution >= 0.6 is 0 Å². The molecule has 3 unspecified atom stereocenters. The number of carboxylic acid groups (broad SMARTS) is 1. The van der Waals surface area contributed by atoms with Gasteiger partial charge in [0.2, 0.25) is 0 Å². The second-order valence-electron chi connectivity index (χ2n) is 10.0. The Balaban J connectivity index is 1.92. The highest BCUT2D eigenvalue weighted by molar-refractivity contribution is 5.73. The molecule has 0 aliphatic carbocycles. The second-order valence-corrected chi connectivity index (χ2v) is 10.0. The Morgan fingerprint density at radius 2 is 1.48 bits per heavy atom. The maximum absolute atomic E-state index is 11.7. The van der Waals surface area contributed by atoms with Crippen molar-refractivity contribution in [1.29, 1.82) is 0 Å². The number of aliphatic hydroxyl groups excluding tert-OH is 1. The molecule has 3 rings (SSSR count). The molecule has 0 aliphatic rings. The van der Waals surface area contributed by atoms with Gasteiger partial charge in [0.15, 0.2) is 0 Å². The predicted molar refractivity (Wildman–Crippen MR) is 131 cm³/mol. The number of benzene rings is 2. The van der Waals surface area contributed by atoms with Gasteiger partial charge in [-0.15, -0.1) is 0 Å². The molecular weight excluding hydrogens is 414 g/mol. The van der Waals surface area contributed by atoms with Gasteiger partial charge in [-0.2, -0.15) is 15.0 Å². The molecule has 0 amide bonds. The molecule has 178 valence electrons. The lowest BCUT2D eigenvalue weighted by atomic mass is 9.72. The van der Waals surface area contributed by atoms with Gasteiger partial charge in [-0.1, -0.05) is 70.5 Å². The van der Waals surface area contributed by atoms with E-state index in [4.69, 9.17) is 15.3 Å². The SMILES string of the molecule is CCCC(C(O)C(CCc1ccccc1CCC(=O)O)n1nc2ccccc2n1)C(C)(C)C. The van der Waals surface area contributed by atoms with Crippen LogP contribution in [0.25, 0.3) is 11.0 Å². The number of fused-ring (bicyclic) bond motifs is 1. The molecule has 3 atom stereocenters. The fourth-order valence-electron chi connectivity index (χ4n) is 4.73. The van der Waals surface area contributed by atoms with E-state index in [2.05, 4.69) is 33.8 Å². The van der Waals surface area contributed by atoms with Crippen molar-refractivity contribution in [1.82, 2.24) is 15.0 Å². The fraction of sp³-hybridized carbons (Fsp3) is 0.519. The van der Waals surface area contributed by atoms with Crippen LogP contribution in [-0.4, -0.2) is 37.3 Å². The molecule has 6 heteroatoms. The summed E-state index contributed by atoms with van der Waals surface area (Å²) in [6, 6.07) is 15.5. The molecule has 0 saturated carbocycles. The molecule has 0 fully saturated rings. The lowest BCUT2D eigenvalue weighted by molar-refractivity contribution is -0.136. The van der Waals surface area contributed by atoms with Gasteiger partial charge in [0.1, 0.15) is 11.0 Å². The minimum Gasteiger partial charge on any atom is -0.481 e. The quantitative estimate of drug-likeness (QED) is 0.405. The summed E-state index contributed by atoms with van der Waals surface area (Å²) in [5, 5.41) is 30.2. The number of hydrogen-bond acceptors (Lipinski definition) is 4. The van der Waals surface area contributed by atoms with E-state index in [-0.39, 0.29) is 23.8 Å². The second kappa shape index (κ2) is 10.9. The molecule has 3 aromatic rings. The molecule has 0 bridgehead atoms. The van der Waals surface area contributed by atoms with Crippen LogP contribution in [0.4, 0.5) is 0 Å². The zero-order valence-electron chi connectivity index (χ0n) is 20.2. The van der Waals surface area contributed by atoms with E-state index >= 15 is 0 Å². The molecular formula is C27H37N3O3. The van der Waals surface area contributed by atoms with Crippen molar-refractivity contribution in [2.24, 2.45) is 11.3 Å². The van der Waals surface area contributed by atoms with Gasteiger partial charge in [0, 0.05) is 6.42 Å². The zero-order chi connectivity index (χ0) is 24.0. The third-order valence-corrected chi connectivity index (χ3v) is 6.55. The third-order valence-electron chi connectivity index (χ3n) is 6.55. The number of hydrogen-bond donors (Lipinski definition) is 2. The maximum atomic E-state index is 11.7. The number of aliphatic carboxylic acids is 1. The van der Waals surface area contributed by atoms with E-state index in [0.717, 1.165) is 41.4 Å². The fourth-order valence-corrected chi connectivity index (χ4v) is 4.73. The lowest BCUT2D eigenvalue weighted by Gasteiger charge is -2.38. The minimum absolute atomic E-state index is 0.0559. The standard InChI is InChI=1S/C27H37N3O3/c1-5-10-21(27(2,3)4)26(33)24(30-28-22-13-8-9-14-23(22)29-30)17-15-19-11-6-7-12-20(19)16-18-25(31)32/h6-9,11-14,21,24,26,33H,5,10,15-18H2,1-4H3,(H,31,32). The number of nitrogens with zero attached hydrogens (tertiary/aromatic N) is 3. The smallest absolute Gasteiger partial charge is 0.303 e. The Morgan fingerprint density at radius 1 is 0.939 bits per heavy atom. The summed E-state index contributed by atoms with van der Waals surface area (Å²) in [5.74, 6) is -0.693. The van der Waals surface area contributed by atoms with Crippen molar-refractivity contribution < 1.29 is 15.0 Å². The van der Waals surface area contributed by atoms with E-state index in [1.807, 2.05) is 42.5 Å². The van der Waals surface area contributed by atoms with E-state index < -0.39 is 12.1 Å². The number of carbonyl (C=O) groups is 1. The van der Waals surface area contributed by atoms with Gasteiger partial charge in [-0.05, 0) is 60.3 Å². The first-order valence-corrected chi connectivity index (χ1v) is 12.0. The summed E-state index contributed by atoms with van der Waals surface area (Å²) in [4.78, 5) is 12.8. The number of aryl methyl sites for hydroxylation is 2. The highest BCUT2D eigenvalue weighted by Gasteiger charge is 2.37. The predicted octanol–water partition coefficient (Wildman–Crippen LogP) is 5.45. The van der Waals surface area contributed by atoms with Crippen LogP contribution in [0, 0.1) is 11.3 Å². The monoisotopic (exact) mass is 451 g/mol. The van der Waals surface area contributed by atoms with Crippen molar-refractivity contribution in [3.05, 3.63) is 59.7 Å². The van der Waals surface area contributed by atoms with Gasteiger partial charge in [-0.3, -0.25) is 4.79 Å². The first-order chi connectivity index (χ1) is 15.7. The van der Waals surface area contributed by atoms with Gasteiger partial charge >= 0.3 is 5.97 Å². The lowest BCUT2D eigenvalue weighted by Crippen LogP contribution is -2.39. The average molecular weight is 452 g/mol. The minimum atomic E-state index is -0.793. The molecule has 6 nitrogen and oxygen atoms in total. The van der Waals surface area contributed by atoms with Crippen molar-refractivity contribution in [2.45, 2.75) is 78.4 Å². The molecule has 0 saturated heterocycles. The van der Waals surface area contributed by atoms with E-state index in [1.54, 1.807) is 4.80 Å². The molecule has 33 heavy (non-hydrogen) atoms. The average Bonchev–Trinajstić information content (AvgIpc) is 3.19. The first kappa shape index (κ1) is 24.9. The van der Waals surface area contributed by atoms with Crippen LogP contribution in [0.3, 0.4) is 0 Å². The first-order valence-electron chi connectivity index (χ1n) is 12.0. The Bertz CT molecular complexity index is 1020. The van der Waals surface area contributed by atoms with Crippen LogP contribution in [0.1, 0.15) is 70.5 Å². The van der Waals surface area contributed by atoms with Gasteiger partial charge < -0.3 is 10.2 Å².